The smallest absolute Gasteiger partial charge is 0.354 e. The van der Waals surface area contributed by atoms with Crippen LogP contribution in [0.2, 0.25) is 0 Å². The summed E-state index contributed by atoms with van der Waals surface area (Å²) in [6, 6.07) is 3.04. The highest BCUT2D eigenvalue weighted by Crippen LogP contribution is 2.13. The highest BCUT2D eigenvalue weighted by molar-refractivity contribution is 5.86. The van der Waals surface area contributed by atoms with E-state index in [4.69, 9.17) is 10.2 Å². The molecule has 88 valence electrons. The first-order valence-corrected chi connectivity index (χ1v) is 5.11. The molecule has 0 aliphatic rings. The molecule has 0 aliphatic heterocycles. The quantitative estimate of drug-likeness (QED) is 0.700. The van der Waals surface area contributed by atoms with E-state index >= 15 is 0 Å². The van der Waals surface area contributed by atoms with Crippen molar-refractivity contribution in [3.8, 4) is 0 Å². The third-order valence-corrected chi connectivity index (χ3v) is 2.33. The van der Waals surface area contributed by atoms with Gasteiger partial charge in [-0.2, -0.15) is 0 Å². The minimum Gasteiger partial charge on any atom is -0.477 e. The summed E-state index contributed by atoms with van der Waals surface area (Å²) in [4.78, 5) is 14.4. The van der Waals surface area contributed by atoms with Gasteiger partial charge in [0.15, 0.2) is 0 Å². The summed E-state index contributed by atoms with van der Waals surface area (Å²) < 4.78 is 0. The van der Waals surface area contributed by atoms with Crippen LogP contribution in [0.1, 0.15) is 24.3 Å². The number of aliphatic hydroxyl groups is 1. The van der Waals surface area contributed by atoms with E-state index < -0.39 is 5.97 Å². The molecule has 0 saturated carbocycles. The molecule has 0 spiro atoms. The molecule has 1 rings (SSSR count). The maximum absolute atomic E-state index is 10.7. The van der Waals surface area contributed by atoms with Gasteiger partial charge in [-0.1, -0.05) is 13.8 Å². The maximum atomic E-state index is 10.7. The van der Waals surface area contributed by atoms with Crippen LogP contribution in [0.25, 0.3) is 0 Å². The Labute approximate surface area is 94.1 Å². The first-order valence-electron chi connectivity index (χ1n) is 5.11. The summed E-state index contributed by atoms with van der Waals surface area (Å²) >= 11 is 0. The van der Waals surface area contributed by atoms with Crippen molar-refractivity contribution >= 4 is 11.7 Å². The van der Waals surface area contributed by atoms with E-state index in [1.54, 1.807) is 6.07 Å². The Morgan fingerprint density at radius 3 is 2.75 bits per heavy atom. The third kappa shape index (κ3) is 3.20. The molecule has 0 amide bonds. The zero-order valence-electron chi connectivity index (χ0n) is 9.34. The molecule has 1 aromatic rings. The predicted molar refractivity (Wildman–Crippen MR) is 60.5 cm³/mol. The summed E-state index contributed by atoms with van der Waals surface area (Å²) in [6.45, 7) is 3.96. The number of rotatable bonds is 5. The fourth-order valence-electron chi connectivity index (χ4n) is 1.27. The van der Waals surface area contributed by atoms with Crippen LogP contribution < -0.4 is 5.32 Å². The molecule has 0 fully saturated rings. The van der Waals surface area contributed by atoms with Crippen LogP contribution in [0.4, 0.5) is 5.69 Å². The molecule has 0 aliphatic carbocycles. The summed E-state index contributed by atoms with van der Waals surface area (Å²) in [5.74, 6) is -0.805. The Hall–Kier alpha value is -1.62. The Balaban J connectivity index is 2.80. The molecule has 5 nitrogen and oxygen atoms in total. The average Bonchev–Trinajstić information content (AvgIpc) is 2.25. The van der Waals surface area contributed by atoms with Gasteiger partial charge in [0.05, 0.1) is 12.6 Å². The molecule has 5 heteroatoms. The van der Waals surface area contributed by atoms with Crippen molar-refractivity contribution in [1.82, 2.24) is 4.98 Å². The topological polar surface area (TPSA) is 82.5 Å². The number of aliphatic hydroxyl groups excluding tert-OH is 1. The first-order chi connectivity index (χ1) is 7.54. The van der Waals surface area contributed by atoms with Gasteiger partial charge < -0.3 is 15.5 Å². The highest BCUT2D eigenvalue weighted by Gasteiger charge is 2.12. The molecule has 0 saturated heterocycles. The lowest BCUT2D eigenvalue weighted by Crippen LogP contribution is -2.29. The van der Waals surface area contributed by atoms with Gasteiger partial charge in [-0.05, 0) is 18.1 Å². The second kappa shape index (κ2) is 5.46. The number of hydrogen-bond acceptors (Lipinski definition) is 4. The number of anilines is 1. The number of hydrogen-bond donors (Lipinski definition) is 3. The number of pyridine rings is 1. The molecule has 0 unspecified atom stereocenters. The Bertz CT molecular complexity index is 366. The van der Waals surface area contributed by atoms with Crippen molar-refractivity contribution < 1.29 is 15.0 Å². The lowest BCUT2D eigenvalue weighted by Gasteiger charge is -2.21. The molecule has 0 aromatic carbocycles. The van der Waals surface area contributed by atoms with E-state index in [2.05, 4.69) is 10.3 Å². The van der Waals surface area contributed by atoms with E-state index in [9.17, 15) is 4.79 Å². The van der Waals surface area contributed by atoms with E-state index in [-0.39, 0.29) is 24.3 Å². The standard InChI is InChI=1S/C11H16N2O3/c1-7(2)10(6-14)13-8-3-4-12-9(5-8)11(15)16/h3-5,7,10,14H,6H2,1-2H3,(H,12,13)(H,15,16)/t10-/m1/s1. The number of nitrogens with zero attached hydrogens (tertiary/aromatic N) is 1. The van der Waals surface area contributed by atoms with Crippen LogP contribution >= 0.6 is 0 Å². The van der Waals surface area contributed by atoms with Gasteiger partial charge in [0.25, 0.3) is 0 Å². The fourth-order valence-corrected chi connectivity index (χ4v) is 1.27. The summed E-state index contributed by atoms with van der Waals surface area (Å²) in [5, 5.41) is 21.0. The molecular formula is C11H16N2O3. The van der Waals surface area contributed by atoms with E-state index in [0.717, 1.165) is 0 Å². The molecule has 1 heterocycles. The third-order valence-electron chi connectivity index (χ3n) is 2.33. The van der Waals surface area contributed by atoms with Crippen molar-refractivity contribution in [2.24, 2.45) is 5.92 Å². The number of carbonyl (C=O) groups is 1. The van der Waals surface area contributed by atoms with Crippen LogP contribution in [0, 0.1) is 5.92 Å². The second-order valence-corrected chi connectivity index (χ2v) is 3.91. The van der Waals surface area contributed by atoms with Crippen LogP contribution in [-0.2, 0) is 0 Å². The Morgan fingerprint density at radius 2 is 2.25 bits per heavy atom. The van der Waals surface area contributed by atoms with Crippen LogP contribution in [0.5, 0.6) is 0 Å². The van der Waals surface area contributed by atoms with Crippen LogP contribution in [-0.4, -0.2) is 33.8 Å². The molecular weight excluding hydrogens is 208 g/mol. The van der Waals surface area contributed by atoms with E-state index in [1.165, 1.54) is 12.3 Å². The first kappa shape index (κ1) is 12.4. The van der Waals surface area contributed by atoms with Crippen molar-refractivity contribution in [1.29, 1.82) is 0 Å². The van der Waals surface area contributed by atoms with Crippen molar-refractivity contribution in [2.45, 2.75) is 19.9 Å². The fraction of sp³-hybridized carbons (Fsp3) is 0.455. The van der Waals surface area contributed by atoms with Crippen molar-refractivity contribution in [2.75, 3.05) is 11.9 Å². The van der Waals surface area contributed by atoms with Gasteiger partial charge in [-0.25, -0.2) is 9.78 Å². The number of aromatic carboxylic acids is 1. The lowest BCUT2D eigenvalue weighted by atomic mass is 10.1. The van der Waals surface area contributed by atoms with Crippen LogP contribution in [0.3, 0.4) is 0 Å². The average molecular weight is 224 g/mol. The summed E-state index contributed by atoms with van der Waals surface area (Å²) in [7, 11) is 0. The number of carboxylic acids is 1. The minimum absolute atomic E-state index is 0.00238. The van der Waals surface area contributed by atoms with Gasteiger partial charge >= 0.3 is 5.97 Å². The molecule has 0 bridgehead atoms. The SMILES string of the molecule is CC(C)[C@@H](CO)Nc1ccnc(C(=O)O)c1. The van der Waals surface area contributed by atoms with Crippen molar-refractivity contribution in [3.63, 3.8) is 0 Å². The zero-order valence-corrected chi connectivity index (χ0v) is 9.34. The normalized spacial score (nSPS) is 12.5. The molecule has 1 aromatic heterocycles. The Morgan fingerprint density at radius 1 is 1.56 bits per heavy atom. The lowest BCUT2D eigenvalue weighted by molar-refractivity contribution is 0.0690. The molecule has 16 heavy (non-hydrogen) atoms. The zero-order chi connectivity index (χ0) is 12.1. The van der Waals surface area contributed by atoms with Gasteiger partial charge in [-0.15, -0.1) is 0 Å². The summed E-state index contributed by atoms with van der Waals surface area (Å²) in [5.41, 5.74) is 0.644. The van der Waals surface area contributed by atoms with Gasteiger partial charge in [0.1, 0.15) is 5.69 Å². The number of nitrogens with one attached hydrogen (secondary N) is 1. The molecule has 0 radical (unpaired) electrons. The minimum atomic E-state index is -1.06. The van der Waals surface area contributed by atoms with Crippen LogP contribution in [0.15, 0.2) is 18.3 Å². The predicted octanol–water partition coefficient (Wildman–Crippen LogP) is 1.21. The number of carboxylic acid groups (broad SMARTS) is 1. The van der Waals surface area contributed by atoms with Gasteiger partial charge in [-0.3, -0.25) is 0 Å². The van der Waals surface area contributed by atoms with E-state index in [1.807, 2.05) is 13.8 Å². The van der Waals surface area contributed by atoms with E-state index in [0.29, 0.717) is 5.69 Å². The van der Waals surface area contributed by atoms with Crippen molar-refractivity contribution in [3.05, 3.63) is 24.0 Å². The second-order valence-electron chi connectivity index (χ2n) is 3.91. The molecule has 3 N–H and O–H groups in total. The molecule has 1 atom stereocenters. The Kier molecular flexibility index (Phi) is 4.25. The summed E-state index contributed by atoms with van der Waals surface area (Å²) in [6.07, 6.45) is 1.43. The maximum Gasteiger partial charge on any atom is 0.354 e. The van der Waals surface area contributed by atoms with Gasteiger partial charge in [0, 0.05) is 11.9 Å². The largest absolute Gasteiger partial charge is 0.477 e. The number of aromatic nitrogens is 1. The highest BCUT2D eigenvalue weighted by atomic mass is 16.4. The monoisotopic (exact) mass is 224 g/mol. The van der Waals surface area contributed by atoms with Gasteiger partial charge in [0.2, 0.25) is 0 Å².